The van der Waals surface area contributed by atoms with Crippen LogP contribution in [0.3, 0.4) is 0 Å². The first kappa shape index (κ1) is 18.7. The Balaban J connectivity index is 1.80. The van der Waals surface area contributed by atoms with Gasteiger partial charge in [-0.2, -0.15) is 0 Å². The van der Waals surface area contributed by atoms with E-state index in [-0.39, 0.29) is 5.56 Å². The molecule has 2 aromatic carbocycles. The molecule has 27 heavy (non-hydrogen) atoms. The third-order valence-corrected chi connectivity index (χ3v) is 4.46. The minimum atomic E-state index is -0.540. The molecule has 0 bridgehead atoms. The SMILES string of the molecule is Cc1ccc(C(=O)NNC(=O)c2c(-c3ccccc3Cl)noc2C)c(C)c1. The molecule has 0 aliphatic carbocycles. The Morgan fingerprint density at radius 3 is 2.41 bits per heavy atom. The molecule has 138 valence electrons. The number of carbonyl (C=O) groups is 2. The minimum absolute atomic E-state index is 0.212. The number of amides is 2. The standard InChI is InChI=1S/C20H18ClN3O3/c1-11-8-9-14(12(2)10-11)19(25)22-23-20(26)17-13(3)27-24-18(17)15-6-4-5-7-16(15)21/h4-10H,1-3H3,(H,22,25)(H,23,26). The van der Waals surface area contributed by atoms with Crippen LogP contribution in [0.4, 0.5) is 0 Å². The summed E-state index contributed by atoms with van der Waals surface area (Å²) >= 11 is 6.20. The van der Waals surface area contributed by atoms with Crippen molar-refractivity contribution in [2.75, 3.05) is 0 Å². The second-order valence-electron chi connectivity index (χ2n) is 6.17. The van der Waals surface area contributed by atoms with E-state index in [1.807, 2.05) is 26.0 Å². The number of hydrazine groups is 1. The number of aryl methyl sites for hydroxylation is 3. The second kappa shape index (κ2) is 7.63. The lowest BCUT2D eigenvalue weighted by molar-refractivity contribution is 0.0845. The maximum atomic E-state index is 12.6. The summed E-state index contributed by atoms with van der Waals surface area (Å²) in [6.07, 6.45) is 0. The summed E-state index contributed by atoms with van der Waals surface area (Å²) in [5, 5.41) is 4.39. The van der Waals surface area contributed by atoms with Crippen LogP contribution >= 0.6 is 11.6 Å². The van der Waals surface area contributed by atoms with Gasteiger partial charge in [0.25, 0.3) is 11.8 Å². The molecule has 0 radical (unpaired) electrons. The molecule has 2 amide bonds. The van der Waals surface area contributed by atoms with Crippen molar-refractivity contribution in [3.05, 3.63) is 75.5 Å². The Morgan fingerprint density at radius 2 is 1.70 bits per heavy atom. The smallest absolute Gasteiger partial charge is 0.275 e. The first-order chi connectivity index (χ1) is 12.9. The lowest BCUT2D eigenvalue weighted by Crippen LogP contribution is -2.42. The van der Waals surface area contributed by atoms with Gasteiger partial charge < -0.3 is 4.52 Å². The van der Waals surface area contributed by atoms with Crippen molar-refractivity contribution in [3.8, 4) is 11.3 Å². The molecule has 0 unspecified atom stereocenters. The third kappa shape index (κ3) is 3.85. The first-order valence-electron chi connectivity index (χ1n) is 8.27. The molecule has 0 aliphatic rings. The quantitative estimate of drug-likeness (QED) is 0.669. The van der Waals surface area contributed by atoms with E-state index in [0.717, 1.165) is 11.1 Å². The van der Waals surface area contributed by atoms with Crippen LogP contribution in [0.15, 0.2) is 47.0 Å². The number of benzene rings is 2. The van der Waals surface area contributed by atoms with Gasteiger partial charge in [-0.25, -0.2) is 0 Å². The van der Waals surface area contributed by atoms with Crippen LogP contribution in [0.2, 0.25) is 5.02 Å². The van der Waals surface area contributed by atoms with Gasteiger partial charge in [0.2, 0.25) is 0 Å². The minimum Gasteiger partial charge on any atom is -0.360 e. The molecule has 0 aliphatic heterocycles. The molecule has 7 heteroatoms. The molecule has 0 fully saturated rings. The van der Waals surface area contributed by atoms with E-state index >= 15 is 0 Å². The van der Waals surface area contributed by atoms with E-state index in [9.17, 15) is 9.59 Å². The third-order valence-electron chi connectivity index (χ3n) is 4.13. The van der Waals surface area contributed by atoms with E-state index in [2.05, 4.69) is 16.0 Å². The zero-order valence-electron chi connectivity index (χ0n) is 15.1. The van der Waals surface area contributed by atoms with Crippen molar-refractivity contribution in [2.24, 2.45) is 0 Å². The lowest BCUT2D eigenvalue weighted by atomic mass is 10.1. The van der Waals surface area contributed by atoms with E-state index in [1.165, 1.54) is 0 Å². The molecule has 0 atom stereocenters. The monoisotopic (exact) mass is 383 g/mol. The average Bonchev–Trinajstić information content (AvgIpc) is 3.01. The Bertz CT molecular complexity index is 1030. The highest BCUT2D eigenvalue weighted by molar-refractivity contribution is 6.33. The molecule has 6 nitrogen and oxygen atoms in total. The van der Waals surface area contributed by atoms with Crippen molar-refractivity contribution in [1.29, 1.82) is 0 Å². The summed E-state index contributed by atoms with van der Waals surface area (Å²) in [5.74, 6) is -0.626. The van der Waals surface area contributed by atoms with Crippen LogP contribution < -0.4 is 10.9 Å². The van der Waals surface area contributed by atoms with Gasteiger partial charge in [0.1, 0.15) is 17.0 Å². The highest BCUT2D eigenvalue weighted by Gasteiger charge is 2.23. The number of rotatable bonds is 3. The maximum Gasteiger partial charge on any atom is 0.275 e. The van der Waals surface area contributed by atoms with Gasteiger partial charge in [-0.1, -0.05) is 52.7 Å². The number of carbonyl (C=O) groups excluding carboxylic acids is 2. The van der Waals surface area contributed by atoms with E-state index in [1.54, 1.807) is 37.3 Å². The highest BCUT2D eigenvalue weighted by Crippen LogP contribution is 2.30. The largest absolute Gasteiger partial charge is 0.360 e. The first-order valence-corrected chi connectivity index (χ1v) is 8.65. The molecule has 1 heterocycles. The Morgan fingerprint density at radius 1 is 1.00 bits per heavy atom. The van der Waals surface area contributed by atoms with E-state index in [0.29, 0.717) is 27.6 Å². The van der Waals surface area contributed by atoms with Crippen LogP contribution in [-0.2, 0) is 0 Å². The zero-order valence-corrected chi connectivity index (χ0v) is 15.8. The Labute approximate surface area is 161 Å². The van der Waals surface area contributed by atoms with Gasteiger partial charge in [0.05, 0.1) is 5.02 Å². The van der Waals surface area contributed by atoms with Gasteiger partial charge in [-0.05, 0) is 38.5 Å². The lowest BCUT2D eigenvalue weighted by Gasteiger charge is -2.10. The molecule has 3 aromatic rings. The van der Waals surface area contributed by atoms with Crippen LogP contribution in [-0.4, -0.2) is 17.0 Å². The van der Waals surface area contributed by atoms with Crippen LogP contribution in [0.5, 0.6) is 0 Å². The molecule has 0 spiro atoms. The van der Waals surface area contributed by atoms with E-state index in [4.69, 9.17) is 16.1 Å². The summed E-state index contributed by atoms with van der Waals surface area (Å²) in [6, 6.07) is 12.5. The van der Waals surface area contributed by atoms with Crippen molar-refractivity contribution in [2.45, 2.75) is 20.8 Å². The average molecular weight is 384 g/mol. The maximum absolute atomic E-state index is 12.6. The predicted molar refractivity (Wildman–Crippen MR) is 103 cm³/mol. The van der Waals surface area contributed by atoms with Crippen LogP contribution in [0, 0.1) is 20.8 Å². The zero-order chi connectivity index (χ0) is 19.6. The second-order valence-corrected chi connectivity index (χ2v) is 6.58. The fourth-order valence-corrected chi connectivity index (χ4v) is 3.01. The van der Waals surface area contributed by atoms with Gasteiger partial charge in [0.15, 0.2) is 0 Å². The Hall–Kier alpha value is -3.12. The summed E-state index contributed by atoms with van der Waals surface area (Å²) < 4.78 is 5.17. The molecular formula is C20H18ClN3O3. The Kier molecular flexibility index (Phi) is 5.28. The normalized spacial score (nSPS) is 10.5. The van der Waals surface area contributed by atoms with E-state index < -0.39 is 11.8 Å². The van der Waals surface area contributed by atoms with Crippen molar-refractivity contribution in [1.82, 2.24) is 16.0 Å². The molecule has 2 N–H and O–H groups in total. The molecule has 3 rings (SSSR count). The van der Waals surface area contributed by atoms with Crippen molar-refractivity contribution < 1.29 is 14.1 Å². The number of hydrogen-bond acceptors (Lipinski definition) is 4. The van der Waals surface area contributed by atoms with Gasteiger partial charge in [-0.15, -0.1) is 0 Å². The van der Waals surface area contributed by atoms with Gasteiger partial charge in [-0.3, -0.25) is 20.4 Å². The number of hydrogen-bond donors (Lipinski definition) is 2. The summed E-state index contributed by atoms with van der Waals surface area (Å²) in [6.45, 7) is 5.40. The number of nitrogens with one attached hydrogen (secondary N) is 2. The van der Waals surface area contributed by atoms with Crippen LogP contribution in [0.25, 0.3) is 11.3 Å². The van der Waals surface area contributed by atoms with Gasteiger partial charge in [0, 0.05) is 11.1 Å². The van der Waals surface area contributed by atoms with Gasteiger partial charge >= 0.3 is 0 Å². The molecular weight excluding hydrogens is 366 g/mol. The number of halogens is 1. The molecule has 0 saturated carbocycles. The van der Waals surface area contributed by atoms with Crippen molar-refractivity contribution in [3.63, 3.8) is 0 Å². The highest BCUT2D eigenvalue weighted by atomic mass is 35.5. The fourth-order valence-electron chi connectivity index (χ4n) is 2.79. The molecule has 1 aromatic heterocycles. The number of nitrogens with zero attached hydrogens (tertiary/aromatic N) is 1. The van der Waals surface area contributed by atoms with Crippen LogP contribution in [0.1, 0.15) is 37.6 Å². The topological polar surface area (TPSA) is 84.2 Å². The summed E-state index contributed by atoms with van der Waals surface area (Å²) in [4.78, 5) is 25.0. The fraction of sp³-hybridized carbons (Fsp3) is 0.150. The summed E-state index contributed by atoms with van der Waals surface area (Å²) in [7, 11) is 0. The predicted octanol–water partition coefficient (Wildman–Crippen LogP) is 4.00. The summed E-state index contributed by atoms with van der Waals surface area (Å²) in [5.41, 5.74) is 8.29. The number of aromatic nitrogens is 1. The van der Waals surface area contributed by atoms with Crippen molar-refractivity contribution >= 4 is 23.4 Å². The molecule has 0 saturated heterocycles.